The van der Waals surface area contributed by atoms with Crippen LogP contribution in [0.25, 0.3) is 5.57 Å². The summed E-state index contributed by atoms with van der Waals surface area (Å²) in [4.78, 5) is 32.4. The number of nitriles is 1. The summed E-state index contributed by atoms with van der Waals surface area (Å²) >= 11 is 0. The molecule has 0 aliphatic carbocycles. The second-order valence-electron chi connectivity index (χ2n) is 7.12. The second-order valence-corrected chi connectivity index (χ2v) is 7.12. The van der Waals surface area contributed by atoms with Crippen LogP contribution in [0.3, 0.4) is 0 Å². The van der Waals surface area contributed by atoms with Gasteiger partial charge in [-0.05, 0) is 36.4 Å². The van der Waals surface area contributed by atoms with Gasteiger partial charge in [0.15, 0.2) is 0 Å². The number of rotatable bonds is 4. The SMILES string of the molecule is CCN1CCN(C2=C(c3ccccc3)C(=O)N(c3ccc(C#N)cc3)C2=O)CC1. The minimum absolute atomic E-state index is 0.302. The predicted molar refractivity (Wildman–Crippen MR) is 111 cm³/mol. The highest BCUT2D eigenvalue weighted by Crippen LogP contribution is 2.35. The summed E-state index contributed by atoms with van der Waals surface area (Å²) in [5.41, 5.74) is 2.63. The zero-order valence-electron chi connectivity index (χ0n) is 16.3. The molecular weight excluding hydrogens is 364 g/mol. The lowest BCUT2D eigenvalue weighted by atomic mass is 10.0. The average molecular weight is 386 g/mol. The molecule has 0 spiro atoms. The van der Waals surface area contributed by atoms with Crippen molar-refractivity contribution in [1.29, 1.82) is 5.26 Å². The normalized spacial score (nSPS) is 17.8. The van der Waals surface area contributed by atoms with Crippen LogP contribution in [-0.4, -0.2) is 54.3 Å². The molecule has 0 atom stereocenters. The maximum atomic E-state index is 13.4. The van der Waals surface area contributed by atoms with E-state index >= 15 is 0 Å². The monoisotopic (exact) mass is 386 g/mol. The molecule has 6 heteroatoms. The lowest BCUT2D eigenvalue weighted by Gasteiger charge is -2.36. The van der Waals surface area contributed by atoms with Gasteiger partial charge in [0, 0.05) is 26.2 Å². The number of imide groups is 1. The highest BCUT2D eigenvalue weighted by Gasteiger charge is 2.42. The molecular formula is C23H22N4O2. The molecule has 2 aliphatic heterocycles. The minimum atomic E-state index is -0.321. The lowest BCUT2D eigenvalue weighted by molar-refractivity contribution is -0.120. The molecule has 0 bridgehead atoms. The van der Waals surface area contributed by atoms with Gasteiger partial charge in [-0.1, -0.05) is 37.3 Å². The van der Waals surface area contributed by atoms with E-state index in [0.29, 0.717) is 35.6 Å². The number of anilines is 1. The predicted octanol–water partition coefficient (Wildman–Crippen LogP) is 2.48. The molecule has 0 aromatic heterocycles. The zero-order valence-corrected chi connectivity index (χ0v) is 16.3. The highest BCUT2D eigenvalue weighted by atomic mass is 16.2. The van der Waals surface area contributed by atoms with Crippen molar-refractivity contribution in [3.63, 3.8) is 0 Å². The van der Waals surface area contributed by atoms with Gasteiger partial charge in [0.2, 0.25) is 0 Å². The molecule has 2 amide bonds. The van der Waals surface area contributed by atoms with Gasteiger partial charge < -0.3 is 9.80 Å². The minimum Gasteiger partial charge on any atom is -0.364 e. The Balaban J connectivity index is 1.75. The van der Waals surface area contributed by atoms with Gasteiger partial charge in [-0.15, -0.1) is 0 Å². The van der Waals surface area contributed by atoms with Gasteiger partial charge in [0.1, 0.15) is 5.70 Å². The van der Waals surface area contributed by atoms with E-state index in [1.165, 1.54) is 4.90 Å². The van der Waals surface area contributed by atoms with Crippen LogP contribution in [-0.2, 0) is 9.59 Å². The van der Waals surface area contributed by atoms with Gasteiger partial charge in [-0.25, -0.2) is 4.90 Å². The summed E-state index contributed by atoms with van der Waals surface area (Å²) in [5.74, 6) is -0.623. The molecule has 0 radical (unpaired) electrons. The first kappa shape index (κ1) is 18.9. The number of amides is 2. The molecule has 29 heavy (non-hydrogen) atoms. The Morgan fingerprint density at radius 3 is 2.14 bits per heavy atom. The first-order valence-electron chi connectivity index (χ1n) is 9.80. The summed E-state index contributed by atoms with van der Waals surface area (Å²) < 4.78 is 0. The maximum Gasteiger partial charge on any atom is 0.282 e. The second kappa shape index (κ2) is 7.90. The van der Waals surface area contributed by atoms with E-state index < -0.39 is 0 Å². The molecule has 2 aromatic carbocycles. The Bertz CT molecular complexity index is 997. The molecule has 2 heterocycles. The molecule has 0 N–H and O–H groups in total. The molecule has 1 saturated heterocycles. The summed E-state index contributed by atoms with van der Waals surface area (Å²) in [7, 11) is 0. The van der Waals surface area contributed by atoms with Crippen molar-refractivity contribution in [2.24, 2.45) is 0 Å². The van der Waals surface area contributed by atoms with Gasteiger partial charge >= 0.3 is 0 Å². The average Bonchev–Trinajstić information content (AvgIpc) is 3.04. The van der Waals surface area contributed by atoms with Crippen LogP contribution >= 0.6 is 0 Å². The Hall–Kier alpha value is -3.43. The van der Waals surface area contributed by atoms with Crippen LogP contribution in [0.1, 0.15) is 18.1 Å². The van der Waals surface area contributed by atoms with Crippen LogP contribution in [0.15, 0.2) is 60.3 Å². The smallest absolute Gasteiger partial charge is 0.282 e. The highest BCUT2D eigenvalue weighted by molar-refractivity contribution is 6.45. The fourth-order valence-electron chi connectivity index (χ4n) is 3.88. The van der Waals surface area contributed by atoms with E-state index in [2.05, 4.69) is 17.9 Å². The van der Waals surface area contributed by atoms with Crippen LogP contribution in [0.2, 0.25) is 0 Å². The van der Waals surface area contributed by atoms with Gasteiger partial charge in [-0.2, -0.15) is 5.26 Å². The number of nitrogens with zero attached hydrogens (tertiary/aromatic N) is 4. The summed E-state index contributed by atoms with van der Waals surface area (Å²) in [6.07, 6.45) is 0. The largest absolute Gasteiger partial charge is 0.364 e. The van der Waals surface area contributed by atoms with E-state index in [-0.39, 0.29) is 11.8 Å². The van der Waals surface area contributed by atoms with Crippen LogP contribution in [0, 0.1) is 11.3 Å². The number of hydrogen-bond donors (Lipinski definition) is 0. The number of benzene rings is 2. The molecule has 1 fully saturated rings. The maximum absolute atomic E-state index is 13.4. The molecule has 146 valence electrons. The quantitative estimate of drug-likeness (QED) is 0.755. The van der Waals surface area contributed by atoms with Crippen LogP contribution in [0.5, 0.6) is 0 Å². The third kappa shape index (κ3) is 3.41. The Morgan fingerprint density at radius 2 is 1.55 bits per heavy atom. The molecule has 2 aliphatic rings. The molecule has 6 nitrogen and oxygen atoms in total. The number of carbonyl (C=O) groups is 2. The fourth-order valence-corrected chi connectivity index (χ4v) is 3.88. The third-order valence-electron chi connectivity index (χ3n) is 5.51. The molecule has 0 saturated carbocycles. The first-order chi connectivity index (χ1) is 14.1. The van der Waals surface area contributed by atoms with Crippen LogP contribution < -0.4 is 4.90 Å². The van der Waals surface area contributed by atoms with Crippen molar-refractivity contribution in [1.82, 2.24) is 9.80 Å². The van der Waals surface area contributed by atoms with E-state index in [4.69, 9.17) is 5.26 Å². The van der Waals surface area contributed by atoms with Crippen molar-refractivity contribution >= 4 is 23.1 Å². The van der Waals surface area contributed by atoms with E-state index in [0.717, 1.165) is 25.2 Å². The summed E-state index contributed by atoms with van der Waals surface area (Å²) in [5, 5.41) is 9.03. The number of piperazine rings is 1. The summed E-state index contributed by atoms with van der Waals surface area (Å²) in [6, 6.07) is 18.0. The topological polar surface area (TPSA) is 67.7 Å². The van der Waals surface area contributed by atoms with Gasteiger partial charge in [0.25, 0.3) is 11.8 Å². The van der Waals surface area contributed by atoms with Crippen molar-refractivity contribution < 1.29 is 9.59 Å². The van der Waals surface area contributed by atoms with E-state index in [1.807, 2.05) is 35.2 Å². The standard InChI is InChI=1S/C23H22N4O2/c1-2-25-12-14-26(15-13-25)21-20(18-6-4-3-5-7-18)22(28)27(23(21)29)19-10-8-17(16-24)9-11-19/h3-11H,2,12-15H2,1H3. The van der Waals surface area contributed by atoms with Crippen molar-refractivity contribution in [3.05, 3.63) is 71.4 Å². The van der Waals surface area contributed by atoms with Crippen molar-refractivity contribution in [3.8, 4) is 6.07 Å². The third-order valence-corrected chi connectivity index (χ3v) is 5.51. The number of hydrogen-bond acceptors (Lipinski definition) is 5. The summed E-state index contributed by atoms with van der Waals surface area (Å²) in [6.45, 7) is 6.24. The number of likely N-dealkylation sites (N-methyl/N-ethyl adjacent to an activating group) is 1. The van der Waals surface area contributed by atoms with E-state index in [9.17, 15) is 9.59 Å². The molecule has 2 aromatic rings. The van der Waals surface area contributed by atoms with Crippen molar-refractivity contribution in [2.75, 3.05) is 37.6 Å². The number of carbonyl (C=O) groups excluding carboxylic acids is 2. The molecule has 0 unspecified atom stereocenters. The Morgan fingerprint density at radius 1 is 0.897 bits per heavy atom. The zero-order chi connectivity index (χ0) is 20.4. The Kier molecular flexibility index (Phi) is 5.15. The Labute approximate surface area is 170 Å². The molecule has 4 rings (SSSR count). The van der Waals surface area contributed by atoms with E-state index in [1.54, 1.807) is 24.3 Å². The van der Waals surface area contributed by atoms with Crippen LogP contribution in [0.4, 0.5) is 5.69 Å². The van der Waals surface area contributed by atoms with Crippen molar-refractivity contribution in [2.45, 2.75) is 6.92 Å². The first-order valence-corrected chi connectivity index (χ1v) is 9.80. The lowest BCUT2D eigenvalue weighted by Crippen LogP contribution is -2.47. The van der Waals surface area contributed by atoms with Gasteiger partial charge in [-0.3, -0.25) is 9.59 Å². The fraction of sp³-hybridized carbons (Fsp3) is 0.261. The van der Waals surface area contributed by atoms with Gasteiger partial charge in [0.05, 0.1) is 22.9 Å².